The lowest BCUT2D eigenvalue weighted by molar-refractivity contribution is -0.131. The summed E-state index contributed by atoms with van der Waals surface area (Å²) < 4.78 is 34.5. The Bertz CT molecular complexity index is 1530. The second kappa shape index (κ2) is 10.6. The van der Waals surface area contributed by atoms with Crippen LogP contribution < -0.4 is 4.72 Å². The van der Waals surface area contributed by atoms with E-state index in [1.54, 1.807) is 32.0 Å². The number of amides is 1. The van der Waals surface area contributed by atoms with Gasteiger partial charge >= 0.3 is 0 Å². The van der Waals surface area contributed by atoms with Gasteiger partial charge in [0.15, 0.2) is 5.82 Å². The van der Waals surface area contributed by atoms with Gasteiger partial charge < -0.3 is 4.52 Å². The molecule has 1 saturated carbocycles. The third kappa shape index (κ3) is 5.12. The molecule has 39 heavy (non-hydrogen) atoms. The minimum Gasteiger partial charge on any atom is -0.359 e. The van der Waals surface area contributed by atoms with E-state index in [4.69, 9.17) is 9.52 Å². The van der Waals surface area contributed by atoms with Gasteiger partial charge in [-0.2, -0.15) is 0 Å². The van der Waals surface area contributed by atoms with E-state index in [0.29, 0.717) is 23.4 Å². The number of hydrogen-bond acceptors (Lipinski definition) is 6. The lowest BCUT2D eigenvalue weighted by Crippen LogP contribution is -2.40. The number of sulfonamides is 1. The standard InChI is InChI=1S/C30H36N4O4S/c1-5-6-13-27-31-30(16-9-10-17-30)29(35)34(27)19-23-14-15-24(20(2)18-23)25-11-7-8-12-26(25)39(36,37)33-28-21(3)22(4)38-32-28/h7-8,11-12,14-15,18H,5-6,9-10,13,16-17,19H2,1-4H3,(H,32,33). The van der Waals surface area contributed by atoms with Crippen LogP contribution in [0, 0.1) is 20.8 Å². The van der Waals surface area contributed by atoms with Crippen molar-refractivity contribution in [1.29, 1.82) is 0 Å². The van der Waals surface area contributed by atoms with Crippen molar-refractivity contribution in [2.75, 3.05) is 4.72 Å². The quantitative estimate of drug-likeness (QED) is 0.337. The van der Waals surface area contributed by atoms with Gasteiger partial charge in [-0.1, -0.05) is 67.7 Å². The van der Waals surface area contributed by atoms with Gasteiger partial charge in [-0.3, -0.25) is 19.4 Å². The van der Waals surface area contributed by atoms with Gasteiger partial charge in [-0.15, -0.1) is 0 Å². The molecule has 3 aromatic rings. The molecule has 1 aliphatic carbocycles. The van der Waals surface area contributed by atoms with Crippen molar-refractivity contribution in [1.82, 2.24) is 10.1 Å². The molecule has 0 radical (unpaired) electrons. The van der Waals surface area contributed by atoms with Gasteiger partial charge in [0, 0.05) is 17.5 Å². The van der Waals surface area contributed by atoms with Crippen LogP contribution in [-0.2, 0) is 21.4 Å². The van der Waals surface area contributed by atoms with E-state index < -0.39 is 15.6 Å². The van der Waals surface area contributed by atoms with Gasteiger partial charge in [-0.05, 0) is 62.8 Å². The molecule has 1 aliphatic heterocycles. The highest BCUT2D eigenvalue weighted by molar-refractivity contribution is 7.92. The fourth-order valence-corrected chi connectivity index (χ4v) is 6.91. The third-order valence-corrected chi connectivity index (χ3v) is 9.37. The van der Waals surface area contributed by atoms with Gasteiger partial charge in [0.25, 0.3) is 15.9 Å². The van der Waals surface area contributed by atoms with Crippen molar-refractivity contribution < 1.29 is 17.7 Å². The summed E-state index contributed by atoms with van der Waals surface area (Å²) in [5.41, 5.74) is 3.43. The Kier molecular flexibility index (Phi) is 7.37. The SMILES string of the molecule is CCCCC1=NC2(CCCC2)C(=O)N1Cc1ccc(-c2ccccc2S(=O)(=O)Nc2noc(C)c2C)c(C)c1. The number of rotatable bonds is 9. The number of benzene rings is 2. The maximum Gasteiger partial charge on any atom is 0.263 e. The van der Waals surface area contributed by atoms with Crippen LogP contribution in [0.1, 0.15) is 74.3 Å². The first-order valence-electron chi connectivity index (χ1n) is 13.7. The van der Waals surface area contributed by atoms with E-state index in [0.717, 1.165) is 67.5 Å². The van der Waals surface area contributed by atoms with Crippen LogP contribution in [0.5, 0.6) is 0 Å². The summed E-state index contributed by atoms with van der Waals surface area (Å²) in [5.74, 6) is 1.79. The topological polar surface area (TPSA) is 105 Å². The van der Waals surface area contributed by atoms with Crippen molar-refractivity contribution in [3.05, 3.63) is 64.9 Å². The van der Waals surface area contributed by atoms with Crippen molar-refractivity contribution in [3.63, 3.8) is 0 Å². The molecule has 2 aliphatic rings. The second-order valence-electron chi connectivity index (χ2n) is 10.7. The average Bonchev–Trinajstić information content (AvgIpc) is 3.59. The largest absolute Gasteiger partial charge is 0.359 e. The van der Waals surface area contributed by atoms with Crippen LogP contribution in [0.4, 0.5) is 5.82 Å². The number of nitrogens with zero attached hydrogens (tertiary/aromatic N) is 3. The Balaban J connectivity index is 1.42. The first-order valence-corrected chi connectivity index (χ1v) is 15.2. The van der Waals surface area contributed by atoms with Crippen molar-refractivity contribution in [3.8, 4) is 11.1 Å². The summed E-state index contributed by atoms with van der Waals surface area (Å²) in [6.07, 6.45) is 6.63. The highest BCUT2D eigenvalue weighted by Crippen LogP contribution is 2.40. The number of aliphatic imine (C=N–C) groups is 1. The molecule has 1 aromatic heterocycles. The summed E-state index contributed by atoms with van der Waals surface area (Å²) in [4.78, 5) is 20.6. The number of nitrogens with one attached hydrogen (secondary N) is 1. The molecule has 5 rings (SSSR count). The van der Waals surface area contributed by atoms with E-state index in [2.05, 4.69) is 16.8 Å². The Morgan fingerprint density at radius 1 is 1.05 bits per heavy atom. The fraction of sp³-hybridized carbons (Fsp3) is 0.433. The molecule has 1 fully saturated rings. The minimum atomic E-state index is -3.92. The molecule has 1 N–H and O–H groups in total. The molecular weight excluding hydrogens is 512 g/mol. The zero-order chi connectivity index (χ0) is 27.8. The van der Waals surface area contributed by atoms with E-state index in [1.807, 2.05) is 36.1 Å². The van der Waals surface area contributed by atoms with Gasteiger partial charge in [0.1, 0.15) is 17.1 Å². The molecular formula is C30H36N4O4S. The smallest absolute Gasteiger partial charge is 0.263 e. The monoisotopic (exact) mass is 548 g/mol. The predicted molar refractivity (Wildman–Crippen MR) is 152 cm³/mol. The molecule has 2 heterocycles. The van der Waals surface area contributed by atoms with Crippen LogP contribution in [-0.4, -0.2) is 35.8 Å². The van der Waals surface area contributed by atoms with Crippen molar-refractivity contribution in [2.24, 2.45) is 4.99 Å². The zero-order valence-corrected chi connectivity index (χ0v) is 23.9. The molecule has 0 saturated heterocycles. The number of carbonyl (C=O) groups excluding carboxylic acids is 1. The van der Waals surface area contributed by atoms with Crippen LogP contribution in [0.2, 0.25) is 0 Å². The minimum absolute atomic E-state index is 0.133. The number of aromatic nitrogens is 1. The normalized spacial score (nSPS) is 16.8. The van der Waals surface area contributed by atoms with Gasteiger partial charge in [-0.25, -0.2) is 8.42 Å². The molecule has 1 amide bonds. The highest BCUT2D eigenvalue weighted by Gasteiger charge is 2.49. The number of carbonyl (C=O) groups is 1. The first kappa shape index (κ1) is 27.1. The maximum absolute atomic E-state index is 13.5. The molecule has 0 unspecified atom stereocenters. The number of unbranched alkanes of at least 4 members (excludes halogenated alkanes) is 1. The van der Waals surface area contributed by atoms with E-state index in [-0.39, 0.29) is 16.6 Å². The van der Waals surface area contributed by atoms with E-state index in [1.165, 1.54) is 0 Å². The maximum atomic E-state index is 13.5. The number of aryl methyl sites for hydroxylation is 2. The molecule has 1 spiro atoms. The van der Waals surface area contributed by atoms with Gasteiger partial charge in [0.2, 0.25) is 0 Å². The second-order valence-corrected chi connectivity index (χ2v) is 12.4. The van der Waals surface area contributed by atoms with Crippen molar-refractivity contribution in [2.45, 2.75) is 89.6 Å². The molecule has 9 heteroatoms. The highest BCUT2D eigenvalue weighted by atomic mass is 32.2. The van der Waals surface area contributed by atoms with Crippen LogP contribution in [0.25, 0.3) is 11.1 Å². The Labute approximate surface area is 230 Å². The van der Waals surface area contributed by atoms with Gasteiger partial charge in [0.05, 0.1) is 11.4 Å². The third-order valence-electron chi connectivity index (χ3n) is 7.97. The Morgan fingerprint density at radius 3 is 2.46 bits per heavy atom. The summed E-state index contributed by atoms with van der Waals surface area (Å²) in [5, 5.41) is 3.86. The lowest BCUT2D eigenvalue weighted by atomic mass is 9.97. The summed E-state index contributed by atoms with van der Waals surface area (Å²) >= 11 is 0. The molecule has 2 aromatic carbocycles. The Morgan fingerprint density at radius 2 is 1.79 bits per heavy atom. The molecule has 0 bridgehead atoms. The zero-order valence-electron chi connectivity index (χ0n) is 23.1. The number of anilines is 1. The van der Waals surface area contributed by atoms with Crippen molar-refractivity contribution >= 4 is 27.6 Å². The average molecular weight is 549 g/mol. The predicted octanol–water partition coefficient (Wildman–Crippen LogP) is 6.31. The first-order chi connectivity index (χ1) is 18.6. The molecule has 206 valence electrons. The van der Waals surface area contributed by atoms with Crippen LogP contribution in [0.15, 0.2) is 56.9 Å². The van der Waals surface area contributed by atoms with Crippen LogP contribution in [0.3, 0.4) is 0 Å². The molecule has 8 nitrogen and oxygen atoms in total. The Hall–Kier alpha value is -3.46. The molecule has 0 atom stereocenters. The number of amidine groups is 1. The summed E-state index contributed by atoms with van der Waals surface area (Å²) in [6.45, 7) is 8.08. The fourth-order valence-electron chi connectivity index (χ4n) is 5.63. The lowest BCUT2D eigenvalue weighted by Gasteiger charge is -2.23. The summed E-state index contributed by atoms with van der Waals surface area (Å²) in [6, 6.07) is 12.9. The summed E-state index contributed by atoms with van der Waals surface area (Å²) in [7, 11) is -3.92. The van der Waals surface area contributed by atoms with Crippen LogP contribution >= 0.6 is 0 Å². The van der Waals surface area contributed by atoms with E-state index in [9.17, 15) is 13.2 Å². The van der Waals surface area contributed by atoms with E-state index >= 15 is 0 Å². The number of hydrogen-bond donors (Lipinski definition) is 1.